The van der Waals surface area contributed by atoms with Crippen LogP contribution in [0.4, 0.5) is 0 Å². The maximum atomic E-state index is 12.9. The van der Waals surface area contributed by atoms with E-state index in [0.717, 1.165) is 22.6 Å². The van der Waals surface area contributed by atoms with E-state index in [1.807, 2.05) is 59.4 Å². The largest absolute Gasteiger partial charge is 0.494 e. The van der Waals surface area contributed by atoms with Crippen LogP contribution < -0.4 is 4.74 Å². The number of hydrogen-bond donors (Lipinski definition) is 0. The molecule has 1 aliphatic rings. The first kappa shape index (κ1) is 18.5. The predicted molar refractivity (Wildman–Crippen MR) is 103 cm³/mol. The van der Waals surface area contributed by atoms with E-state index in [1.54, 1.807) is 0 Å². The average Bonchev–Trinajstić information content (AvgIpc) is 3.07. The van der Waals surface area contributed by atoms with Crippen LogP contribution in [0.25, 0.3) is 0 Å². The van der Waals surface area contributed by atoms with Gasteiger partial charge in [0.25, 0.3) is 11.8 Å². The van der Waals surface area contributed by atoms with Crippen molar-refractivity contribution in [1.29, 1.82) is 0 Å². The zero-order valence-electron chi connectivity index (χ0n) is 15.2. The Bertz CT molecular complexity index is 773. The molecule has 0 atom stereocenters. The molecule has 1 aromatic carbocycles. The Balaban J connectivity index is 1.66. The molecule has 138 valence electrons. The normalized spacial score (nSPS) is 14.8. The molecule has 0 unspecified atom stereocenters. The second-order valence-corrected chi connectivity index (χ2v) is 7.28. The van der Waals surface area contributed by atoms with E-state index in [9.17, 15) is 9.59 Å². The van der Waals surface area contributed by atoms with Crippen molar-refractivity contribution in [3.8, 4) is 5.75 Å². The van der Waals surface area contributed by atoms with Gasteiger partial charge in [-0.15, -0.1) is 11.3 Å². The number of benzene rings is 1. The molecule has 0 saturated carbocycles. The third-order valence-electron chi connectivity index (χ3n) is 4.52. The lowest BCUT2D eigenvalue weighted by Gasteiger charge is -2.22. The highest BCUT2D eigenvalue weighted by atomic mass is 32.1. The number of thiophene rings is 1. The predicted octanol–water partition coefficient (Wildman–Crippen LogP) is 3.44. The highest BCUT2D eigenvalue weighted by molar-refractivity contribution is 7.12. The lowest BCUT2D eigenvalue weighted by molar-refractivity contribution is 0.0721. The summed E-state index contributed by atoms with van der Waals surface area (Å²) >= 11 is 1.46. The number of carbonyl (C=O) groups is 2. The second-order valence-electron chi connectivity index (χ2n) is 6.33. The summed E-state index contributed by atoms with van der Waals surface area (Å²) in [7, 11) is 0. The molecule has 5 nitrogen and oxygen atoms in total. The van der Waals surface area contributed by atoms with E-state index in [0.29, 0.717) is 38.3 Å². The third kappa shape index (κ3) is 4.07. The highest BCUT2D eigenvalue weighted by Gasteiger charge is 2.24. The van der Waals surface area contributed by atoms with Crippen molar-refractivity contribution in [1.82, 2.24) is 9.80 Å². The van der Waals surface area contributed by atoms with Gasteiger partial charge in [-0.3, -0.25) is 9.59 Å². The van der Waals surface area contributed by atoms with E-state index < -0.39 is 0 Å². The first-order chi connectivity index (χ1) is 12.6. The van der Waals surface area contributed by atoms with Crippen molar-refractivity contribution >= 4 is 23.2 Å². The van der Waals surface area contributed by atoms with Crippen molar-refractivity contribution in [2.75, 3.05) is 32.8 Å². The third-order valence-corrected chi connectivity index (χ3v) is 5.38. The Labute approximate surface area is 158 Å². The van der Waals surface area contributed by atoms with Crippen LogP contribution in [-0.2, 0) is 0 Å². The quantitative estimate of drug-likeness (QED) is 0.826. The van der Waals surface area contributed by atoms with Crippen molar-refractivity contribution in [2.45, 2.75) is 20.3 Å². The van der Waals surface area contributed by atoms with E-state index >= 15 is 0 Å². The molecule has 3 rings (SSSR count). The summed E-state index contributed by atoms with van der Waals surface area (Å²) < 4.78 is 5.54. The maximum absolute atomic E-state index is 12.9. The van der Waals surface area contributed by atoms with Crippen molar-refractivity contribution in [2.24, 2.45) is 0 Å². The van der Waals surface area contributed by atoms with E-state index in [2.05, 4.69) is 0 Å². The molecule has 26 heavy (non-hydrogen) atoms. The molecule has 0 spiro atoms. The number of ether oxygens (including phenoxy) is 1. The molecule has 1 aromatic heterocycles. The minimum Gasteiger partial charge on any atom is -0.494 e. The summed E-state index contributed by atoms with van der Waals surface area (Å²) in [6.07, 6.45) is 0.791. The molecular formula is C20H24N2O3S. The average molecular weight is 372 g/mol. The van der Waals surface area contributed by atoms with Gasteiger partial charge >= 0.3 is 0 Å². The summed E-state index contributed by atoms with van der Waals surface area (Å²) in [6.45, 7) is 6.97. The molecule has 1 saturated heterocycles. The van der Waals surface area contributed by atoms with Gasteiger partial charge in [0, 0.05) is 31.7 Å². The first-order valence-electron chi connectivity index (χ1n) is 8.95. The van der Waals surface area contributed by atoms with Crippen LogP contribution >= 0.6 is 11.3 Å². The van der Waals surface area contributed by atoms with Crippen LogP contribution in [0.5, 0.6) is 5.75 Å². The lowest BCUT2D eigenvalue weighted by Crippen LogP contribution is -2.37. The molecule has 2 heterocycles. The highest BCUT2D eigenvalue weighted by Crippen LogP contribution is 2.21. The van der Waals surface area contributed by atoms with Crippen molar-refractivity contribution in [3.63, 3.8) is 0 Å². The Hall–Kier alpha value is -2.34. The number of amides is 2. The molecule has 0 radical (unpaired) electrons. The molecule has 6 heteroatoms. The molecule has 0 N–H and O–H groups in total. The zero-order valence-corrected chi connectivity index (χ0v) is 16.1. The first-order valence-corrected chi connectivity index (χ1v) is 9.83. The molecule has 2 aromatic rings. The van der Waals surface area contributed by atoms with Crippen molar-refractivity contribution < 1.29 is 14.3 Å². The Morgan fingerprint density at radius 1 is 1.08 bits per heavy atom. The standard InChI is InChI=1S/C20H24N2O3S/c1-3-25-17-8-7-16(14-15(17)2)19(23)21-9-5-10-22(12-11-21)20(24)18-6-4-13-26-18/h4,6-8,13-14H,3,5,9-12H2,1-2H3. The summed E-state index contributed by atoms with van der Waals surface area (Å²) in [6, 6.07) is 9.30. The van der Waals surface area contributed by atoms with Gasteiger partial charge < -0.3 is 14.5 Å². The Morgan fingerprint density at radius 3 is 2.42 bits per heavy atom. The smallest absolute Gasteiger partial charge is 0.263 e. The Kier molecular flexibility index (Phi) is 5.93. The van der Waals surface area contributed by atoms with Crippen LogP contribution in [-0.4, -0.2) is 54.4 Å². The van der Waals surface area contributed by atoms with Gasteiger partial charge in [0.05, 0.1) is 11.5 Å². The molecule has 0 bridgehead atoms. The number of hydrogen-bond acceptors (Lipinski definition) is 4. The SMILES string of the molecule is CCOc1ccc(C(=O)N2CCCN(C(=O)c3cccs3)CC2)cc1C. The minimum atomic E-state index is 0.0153. The summed E-state index contributed by atoms with van der Waals surface area (Å²) in [5.41, 5.74) is 1.63. The van der Waals surface area contributed by atoms with Crippen LogP contribution in [0, 0.1) is 6.92 Å². The van der Waals surface area contributed by atoms with Crippen LogP contribution in [0.15, 0.2) is 35.7 Å². The Morgan fingerprint density at radius 2 is 1.81 bits per heavy atom. The number of nitrogens with zero attached hydrogens (tertiary/aromatic N) is 2. The van der Waals surface area contributed by atoms with Gasteiger partial charge in [-0.2, -0.15) is 0 Å². The summed E-state index contributed by atoms with van der Waals surface area (Å²) in [4.78, 5) is 29.8. The van der Waals surface area contributed by atoms with E-state index in [-0.39, 0.29) is 11.8 Å². The minimum absolute atomic E-state index is 0.0153. The fourth-order valence-corrected chi connectivity index (χ4v) is 3.85. The number of carbonyl (C=O) groups excluding carboxylic acids is 2. The van der Waals surface area contributed by atoms with Gasteiger partial charge in [0.15, 0.2) is 0 Å². The molecule has 1 aliphatic heterocycles. The zero-order chi connectivity index (χ0) is 18.5. The molecular weight excluding hydrogens is 348 g/mol. The molecule has 1 fully saturated rings. The number of aryl methyl sites for hydroxylation is 1. The fourth-order valence-electron chi connectivity index (χ4n) is 3.16. The van der Waals surface area contributed by atoms with Crippen molar-refractivity contribution in [3.05, 3.63) is 51.7 Å². The molecule has 2 amide bonds. The topological polar surface area (TPSA) is 49.9 Å². The lowest BCUT2D eigenvalue weighted by atomic mass is 10.1. The molecule has 0 aliphatic carbocycles. The maximum Gasteiger partial charge on any atom is 0.263 e. The van der Waals surface area contributed by atoms with Crippen LogP contribution in [0.2, 0.25) is 0 Å². The van der Waals surface area contributed by atoms with Gasteiger partial charge in [-0.25, -0.2) is 0 Å². The monoisotopic (exact) mass is 372 g/mol. The van der Waals surface area contributed by atoms with E-state index in [4.69, 9.17) is 4.74 Å². The fraction of sp³-hybridized carbons (Fsp3) is 0.400. The summed E-state index contributed by atoms with van der Waals surface area (Å²) in [5.74, 6) is 0.889. The number of rotatable bonds is 4. The van der Waals surface area contributed by atoms with Gasteiger partial charge in [0.2, 0.25) is 0 Å². The van der Waals surface area contributed by atoms with Gasteiger partial charge in [0.1, 0.15) is 5.75 Å². The second kappa shape index (κ2) is 8.36. The van der Waals surface area contributed by atoms with Crippen LogP contribution in [0.1, 0.15) is 38.9 Å². The van der Waals surface area contributed by atoms with Crippen LogP contribution in [0.3, 0.4) is 0 Å². The van der Waals surface area contributed by atoms with Gasteiger partial charge in [-0.1, -0.05) is 6.07 Å². The van der Waals surface area contributed by atoms with E-state index in [1.165, 1.54) is 11.3 Å². The summed E-state index contributed by atoms with van der Waals surface area (Å²) in [5, 5.41) is 1.91. The van der Waals surface area contributed by atoms with Gasteiger partial charge in [-0.05, 0) is 55.5 Å².